The second-order valence-electron chi connectivity index (χ2n) is 8.14. The van der Waals surface area contributed by atoms with Gasteiger partial charge in [0.25, 0.3) is 0 Å². The van der Waals surface area contributed by atoms with Crippen LogP contribution in [0.4, 0.5) is 5.69 Å². The molecule has 6 rings (SSSR count). The molecule has 1 aliphatic carbocycles. The van der Waals surface area contributed by atoms with E-state index in [-0.39, 0.29) is 17.7 Å². The van der Waals surface area contributed by atoms with Gasteiger partial charge in [0, 0.05) is 22.5 Å². The minimum atomic E-state index is -0.487. The Balaban J connectivity index is 1.57. The number of carbonyl (C=O) groups excluding carboxylic acids is 2. The highest BCUT2D eigenvalue weighted by atomic mass is 16.2. The second kappa shape index (κ2) is 6.42. The minimum Gasteiger partial charge on any atom is -0.357 e. The third kappa shape index (κ3) is 2.34. The van der Waals surface area contributed by atoms with Crippen LogP contribution in [0, 0.1) is 5.92 Å². The molecule has 3 atom stereocenters. The fourth-order valence-electron chi connectivity index (χ4n) is 5.31. The van der Waals surface area contributed by atoms with Crippen molar-refractivity contribution in [3.8, 4) is 0 Å². The zero-order chi connectivity index (χ0) is 20.2. The monoisotopic (exact) mass is 392 g/mol. The van der Waals surface area contributed by atoms with Crippen LogP contribution in [0.15, 0.2) is 84.9 Å². The molecule has 2 aliphatic rings. The standard InChI is InChI=1S/C26H20N2O2/c29-25-22-19(16-9-3-1-4-10-16)15-20-18-13-7-8-14-21(18)27-24(20)23(22)26(30)28(25)17-11-5-2-6-12-17/h1-14,19,22-23,27H,15H2/t19-,22+,23+/m0/s1. The number of hydrogen-bond donors (Lipinski definition) is 1. The summed E-state index contributed by atoms with van der Waals surface area (Å²) in [6.45, 7) is 0. The molecule has 1 saturated heterocycles. The zero-order valence-electron chi connectivity index (χ0n) is 16.3. The SMILES string of the molecule is O=C1[C@@H]2[C@H](c3ccccc3)Cc3c([nH]c4ccccc34)[C@@H]2C(=O)N1c1ccccc1. The molecule has 0 spiro atoms. The molecule has 146 valence electrons. The van der Waals surface area contributed by atoms with Crippen LogP contribution in [0.5, 0.6) is 0 Å². The van der Waals surface area contributed by atoms with E-state index in [9.17, 15) is 9.59 Å². The number of carbonyl (C=O) groups is 2. The molecule has 4 nitrogen and oxygen atoms in total. The molecule has 1 aromatic heterocycles. The fraction of sp³-hybridized carbons (Fsp3) is 0.154. The molecule has 3 aromatic carbocycles. The van der Waals surface area contributed by atoms with Crippen LogP contribution in [0.25, 0.3) is 10.9 Å². The Morgan fingerprint density at radius 1 is 0.767 bits per heavy atom. The van der Waals surface area contributed by atoms with Crippen molar-refractivity contribution in [2.75, 3.05) is 4.90 Å². The lowest BCUT2D eigenvalue weighted by molar-refractivity contribution is -0.122. The largest absolute Gasteiger partial charge is 0.357 e. The third-order valence-electron chi connectivity index (χ3n) is 6.61. The van der Waals surface area contributed by atoms with Gasteiger partial charge in [0.05, 0.1) is 17.5 Å². The molecule has 4 aromatic rings. The van der Waals surface area contributed by atoms with Gasteiger partial charge in [-0.05, 0) is 35.7 Å². The van der Waals surface area contributed by atoms with Crippen molar-refractivity contribution in [2.45, 2.75) is 18.3 Å². The number of fused-ring (bicyclic) bond motifs is 5. The van der Waals surface area contributed by atoms with E-state index >= 15 is 0 Å². The van der Waals surface area contributed by atoms with E-state index in [1.807, 2.05) is 66.7 Å². The quantitative estimate of drug-likeness (QED) is 0.499. The number of imide groups is 1. The Morgan fingerprint density at radius 2 is 1.43 bits per heavy atom. The maximum absolute atomic E-state index is 13.7. The average molecular weight is 392 g/mol. The van der Waals surface area contributed by atoms with Crippen LogP contribution in [0.3, 0.4) is 0 Å². The molecule has 0 radical (unpaired) electrons. The van der Waals surface area contributed by atoms with Crippen molar-refractivity contribution in [1.29, 1.82) is 0 Å². The summed E-state index contributed by atoms with van der Waals surface area (Å²) in [6, 6.07) is 27.6. The topological polar surface area (TPSA) is 53.2 Å². The lowest BCUT2D eigenvalue weighted by Gasteiger charge is -2.31. The molecule has 2 amide bonds. The number of amides is 2. The van der Waals surface area contributed by atoms with E-state index in [1.54, 1.807) is 0 Å². The van der Waals surface area contributed by atoms with Gasteiger partial charge in [-0.3, -0.25) is 9.59 Å². The zero-order valence-corrected chi connectivity index (χ0v) is 16.3. The van der Waals surface area contributed by atoms with Gasteiger partial charge in [0.2, 0.25) is 11.8 Å². The molecule has 0 unspecified atom stereocenters. The van der Waals surface area contributed by atoms with Gasteiger partial charge in [0.1, 0.15) is 0 Å². The van der Waals surface area contributed by atoms with Crippen molar-refractivity contribution in [3.05, 3.63) is 102 Å². The first-order valence-corrected chi connectivity index (χ1v) is 10.3. The molecule has 30 heavy (non-hydrogen) atoms. The van der Waals surface area contributed by atoms with Crippen molar-refractivity contribution in [3.63, 3.8) is 0 Å². The molecule has 1 N–H and O–H groups in total. The molecule has 0 bridgehead atoms. The van der Waals surface area contributed by atoms with Crippen molar-refractivity contribution in [1.82, 2.24) is 4.98 Å². The predicted octanol–water partition coefficient (Wildman–Crippen LogP) is 4.78. The number of hydrogen-bond acceptors (Lipinski definition) is 2. The maximum atomic E-state index is 13.7. The van der Waals surface area contributed by atoms with Gasteiger partial charge in [0.15, 0.2) is 0 Å². The van der Waals surface area contributed by atoms with Crippen LogP contribution < -0.4 is 4.90 Å². The van der Waals surface area contributed by atoms with Gasteiger partial charge in [-0.15, -0.1) is 0 Å². The van der Waals surface area contributed by atoms with E-state index in [1.165, 1.54) is 4.90 Å². The van der Waals surface area contributed by atoms with E-state index in [0.29, 0.717) is 5.69 Å². The first-order valence-electron chi connectivity index (χ1n) is 10.3. The number of anilines is 1. The van der Waals surface area contributed by atoms with Gasteiger partial charge < -0.3 is 4.98 Å². The highest BCUT2D eigenvalue weighted by Crippen LogP contribution is 2.51. The summed E-state index contributed by atoms with van der Waals surface area (Å²) >= 11 is 0. The van der Waals surface area contributed by atoms with Gasteiger partial charge in [-0.1, -0.05) is 66.7 Å². The van der Waals surface area contributed by atoms with Crippen LogP contribution in [-0.4, -0.2) is 16.8 Å². The summed E-state index contributed by atoms with van der Waals surface area (Å²) in [4.78, 5) is 32.2. The first-order chi connectivity index (χ1) is 14.7. The van der Waals surface area contributed by atoms with E-state index in [4.69, 9.17) is 0 Å². The van der Waals surface area contributed by atoms with Crippen molar-refractivity contribution < 1.29 is 9.59 Å². The number of benzene rings is 3. The van der Waals surface area contributed by atoms with Crippen molar-refractivity contribution >= 4 is 28.4 Å². The van der Waals surface area contributed by atoms with Crippen LogP contribution in [0.2, 0.25) is 0 Å². The Kier molecular flexibility index (Phi) is 3.69. The Bertz CT molecular complexity index is 1280. The molecule has 4 heteroatoms. The highest BCUT2D eigenvalue weighted by molar-refractivity contribution is 6.24. The smallest absolute Gasteiger partial charge is 0.243 e. The van der Waals surface area contributed by atoms with Gasteiger partial charge in [-0.25, -0.2) is 4.90 Å². The summed E-state index contributed by atoms with van der Waals surface area (Å²) < 4.78 is 0. The lowest BCUT2D eigenvalue weighted by atomic mass is 9.69. The minimum absolute atomic E-state index is 0.0342. The van der Waals surface area contributed by atoms with E-state index in [2.05, 4.69) is 23.2 Å². The average Bonchev–Trinajstić information content (AvgIpc) is 3.29. The molecular formula is C26H20N2O2. The second-order valence-corrected chi connectivity index (χ2v) is 8.14. The van der Waals surface area contributed by atoms with Crippen LogP contribution in [-0.2, 0) is 16.0 Å². The summed E-state index contributed by atoms with van der Waals surface area (Å²) in [5, 5.41) is 1.14. The molecule has 0 saturated carbocycles. The number of aromatic amines is 1. The highest BCUT2D eigenvalue weighted by Gasteiger charge is 2.56. The summed E-state index contributed by atoms with van der Waals surface area (Å²) in [6.07, 6.45) is 0.742. The van der Waals surface area contributed by atoms with Gasteiger partial charge in [-0.2, -0.15) is 0 Å². The predicted molar refractivity (Wildman–Crippen MR) is 116 cm³/mol. The van der Waals surface area contributed by atoms with E-state index < -0.39 is 11.8 Å². The molecular weight excluding hydrogens is 372 g/mol. The van der Waals surface area contributed by atoms with E-state index in [0.717, 1.165) is 34.1 Å². The number of H-pyrrole nitrogens is 1. The van der Waals surface area contributed by atoms with Crippen LogP contribution in [0.1, 0.15) is 28.7 Å². The Morgan fingerprint density at radius 3 is 2.20 bits per heavy atom. The number of para-hydroxylation sites is 2. The summed E-state index contributed by atoms with van der Waals surface area (Å²) in [5.41, 5.74) is 4.85. The maximum Gasteiger partial charge on any atom is 0.243 e. The lowest BCUT2D eigenvalue weighted by Crippen LogP contribution is -2.32. The number of nitrogens with one attached hydrogen (secondary N) is 1. The Hall–Kier alpha value is -3.66. The van der Waals surface area contributed by atoms with Crippen LogP contribution >= 0.6 is 0 Å². The normalized spacial score (nSPS) is 22.9. The molecule has 1 fully saturated rings. The third-order valence-corrected chi connectivity index (χ3v) is 6.61. The fourth-order valence-corrected chi connectivity index (χ4v) is 5.31. The number of rotatable bonds is 2. The number of nitrogens with zero attached hydrogens (tertiary/aromatic N) is 1. The molecule has 2 heterocycles. The summed E-state index contributed by atoms with van der Waals surface area (Å²) in [5.74, 6) is -1.16. The Labute approximate surface area is 174 Å². The first kappa shape index (κ1) is 17.2. The summed E-state index contributed by atoms with van der Waals surface area (Å²) in [7, 11) is 0. The van der Waals surface area contributed by atoms with Crippen molar-refractivity contribution in [2.24, 2.45) is 5.92 Å². The van der Waals surface area contributed by atoms with Gasteiger partial charge >= 0.3 is 0 Å². The molecule has 1 aliphatic heterocycles. The number of aromatic nitrogens is 1.